The van der Waals surface area contributed by atoms with Gasteiger partial charge in [-0.05, 0) is 17.9 Å². The summed E-state index contributed by atoms with van der Waals surface area (Å²) >= 11 is 1.70. The number of nitrogens with zero attached hydrogens (tertiary/aromatic N) is 1. The van der Waals surface area contributed by atoms with Crippen LogP contribution in [0.15, 0.2) is 17.5 Å². The fourth-order valence-electron chi connectivity index (χ4n) is 3.58. The summed E-state index contributed by atoms with van der Waals surface area (Å²) in [6, 6.07) is 4.10. The third kappa shape index (κ3) is 3.27. The van der Waals surface area contributed by atoms with E-state index in [1.54, 1.807) is 16.2 Å². The lowest BCUT2D eigenvalue weighted by molar-refractivity contribution is -0.135. The number of carbonyl (C=O) groups is 2. The molecule has 2 atom stereocenters. The average molecular weight is 337 g/mol. The van der Waals surface area contributed by atoms with E-state index >= 15 is 0 Å². The second-order valence-corrected chi connectivity index (χ2v) is 7.31. The van der Waals surface area contributed by atoms with Crippen molar-refractivity contribution in [1.29, 1.82) is 0 Å². The molecule has 2 aliphatic rings. The molecular weight excluding hydrogens is 314 g/mol. The Bertz CT molecular complexity index is 563. The smallest absolute Gasteiger partial charge is 0.248 e. The Hall–Kier alpha value is -1.44. The average Bonchev–Trinajstić information content (AvgIpc) is 3.22. The second-order valence-electron chi connectivity index (χ2n) is 6.28. The van der Waals surface area contributed by atoms with Gasteiger partial charge >= 0.3 is 0 Å². The minimum Gasteiger partial charge on any atom is -0.375 e. The van der Waals surface area contributed by atoms with Crippen LogP contribution in [-0.4, -0.2) is 63.2 Å². The summed E-state index contributed by atoms with van der Waals surface area (Å²) in [5.74, 6) is 0.217. The first kappa shape index (κ1) is 16.4. The quantitative estimate of drug-likeness (QED) is 0.772. The lowest BCUT2D eigenvalue weighted by Crippen LogP contribution is -2.48. The molecule has 23 heavy (non-hydrogen) atoms. The van der Waals surface area contributed by atoms with Crippen LogP contribution in [-0.2, 0) is 20.7 Å². The summed E-state index contributed by atoms with van der Waals surface area (Å²) in [6.45, 7) is 3.26. The molecule has 3 rings (SSSR count). The number of likely N-dealkylation sites (tertiary alicyclic amines) is 1. The number of nitrogens with one attached hydrogen (secondary N) is 2. The molecule has 3 heterocycles. The van der Waals surface area contributed by atoms with Crippen molar-refractivity contribution in [3.05, 3.63) is 22.4 Å². The minimum absolute atomic E-state index is 0.0346. The number of carbonyl (C=O) groups excluding carboxylic acids is 2. The topological polar surface area (TPSA) is 70.7 Å². The monoisotopic (exact) mass is 337 g/mol. The number of ether oxygens (including phenoxy) is 1. The highest BCUT2D eigenvalue weighted by molar-refractivity contribution is 7.09. The summed E-state index contributed by atoms with van der Waals surface area (Å²) in [5.41, 5.74) is -0.487. The highest BCUT2D eigenvalue weighted by Crippen LogP contribution is 2.39. The maximum atomic E-state index is 12.8. The van der Waals surface area contributed by atoms with Crippen molar-refractivity contribution >= 4 is 23.2 Å². The van der Waals surface area contributed by atoms with E-state index in [1.165, 1.54) is 12.0 Å². The van der Waals surface area contributed by atoms with Crippen molar-refractivity contribution in [2.24, 2.45) is 11.3 Å². The van der Waals surface area contributed by atoms with Gasteiger partial charge in [-0.2, -0.15) is 0 Å². The predicted molar refractivity (Wildman–Crippen MR) is 88.3 cm³/mol. The van der Waals surface area contributed by atoms with E-state index in [4.69, 9.17) is 4.74 Å². The van der Waals surface area contributed by atoms with Crippen LogP contribution in [0.5, 0.6) is 0 Å². The molecule has 2 N–H and O–H groups in total. The third-order valence-electron chi connectivity index (χ3n) is 4.84. The van der Waals surface area contributed by atoms with E-state index in [0.717, 1.165) is 13.0 Å². The highest BCUT2D eigenvalue weighted by Gasteiger charge is 2.55. The van der Waals surface area contributed by atoms with Crippen LogP contribution in [0.2, 0.25) is 0 Å². The fraction of sp³-hybridized carbons (Fsp3) is 0.625. The SMILES string of the molecule is COCC(=O)N1C[C@H]2CNC[C@@]2(C(=O)NCCc2cccs2)C1. The molecule has 1 aromatic rings. The van der Waals surface area contributed by atoms with Crippen LogP contribution >= 0.6 is 11.3 Å². The normalized spacial score (nSPS) is 26.3. The maximum absolute atomic E-state index is 12.8. The molecule has 2 saturated heterocycles. The largest absolute Gasteiger partial charge is 0.375 e. The Morgan fingerprint density at radius 1 is 1.57 bits per heavy atom. The summed E-state index contributed by atoms with van der Waals surface area (Å²) in [5, 5.41) is 8.43. The number of rotatable bonds is 6. The van der Waals surface area contributed by atoms with Crippen LogP contribution in [0.3, 0.4) is 0 Å². The van der Waals surface area contributed by atoms with Gasteiger partial charge in [0, 0.05) is 50.6 Å². The summed E-state index contributed by atoms with van der Waals surface area (Å²) in [6.07, 6.45) is 0.851. The lowest BCUT2D eigenvalue weighted by atomic mass is 9.80. The molecule has 0 bridgehead atoms. The van der Waals surface area contributed by atoms with Crippen LogP contribution in [0.4, 0.5) is 0 Å². The zero-order chi connectivity index (χ0) is 16.3. The van der Waals surface area contributed by atoms with Gasteiger partial charge in [0.2, 0.25) is 11.8 Å². The maximum Gasteiger partial charge on any atom is 0.248 e. The van der Waals surface area contributed by atoms with Gasteiger partial charge in [-0.1, -0.05) is 6.07 Å². The predicted octanol–water partition coefficient (Wildman–Crippen LogP) is 0.101. The molecule has 126 valence electrons. The molecule has 7 heteroatoms. The first-order valence-corrected chi connectivity index (χ1v) is 8.82. The Morgan fingerprint density at radius 3 is 3.17 bits per heavy atom. The lowest BCUT2D eigenvalue weighted by Gasteiger charge is -2.26. The van der Waals surface area contributed by atoms with Crippen LogP contribution in [0.1, 0.15) is 4.88 Å². The van der Waals surface area contributed by atoms with E-state index < -0.39 is 5.41 Å². The van der Waals surface area contributed by atoms with Crippen molar-refractivity contribution in [2.75, 3.05) is 46.4 Å². The van der Waals surface area contributed by atoms with Crippen molar-refractivity contribution < 1.29 is 14.3 Å². The van der Waals surface area contributed by atoms with Crippen LogP contribution in [0, 0.1) is 11.3 Å². The molecule has 0 radical (unpaired) electrons. The first-order valence-electron chi connectivity index (χ1n) is 7.94. The van der Waals surface area contributed by atoms with Crippen molar-refractivity contribution in [3.63, 3.8) is 0 Å². The van der Waals surface area contributed by atoms with E-state index in [-0.39, 0.29) is 24.3 Å². The van der Waals surface area contributed by atoms with Gasteiger partial charge in [-0.25, -0.2) is 0 Å². The minimum atomic E-state index is -0.487. The fourth-order valence-corrected chi connectivity index (χ4v) is 4.29. The Kier molecular flexibility index (Phi) is 4.99. The van der Waals surface area contributed by atoms with Crippen molar-refractivity contribution in [1.82, 2.24) is 15.5 Å². The summed E-state index contributed by atoms with van der Waals surface area (Å²) in [4.78, 5) is 27.9. The van der Waals surface area contributed by atoms with Crippen molar-refractivity contribution in [3.8, 4) is 0 Å². The van der Waals surface area contributed by atoms with E-state index in [0.29, 0.717) is 26.2 Å². The number of hydrogen-bond acceptors (Lipinski definition) is 5. The molecule has 0 spiro atoms. The zero-order valence-electron chi connectivity index (χ0n) is 13.3. The molecule has 1 aromatic heterocycles. The Balaban J connectivity index is 1.59. The number of fused-ring (bicyclic) bond motifs is 1. The van der Waals surface area contributed by atoms with E-state index in [1.807, 2.05) is 11.4 Å². The number of hydrogen-bond donors (Lipinski definition) is 2. The highest BCUT2D eigenvalue weighted by atomic mass is 32.1. The summed E-state index contributed by atoms with van der Waals surface area (Å²) in [7, 11) is 1.52. The van der Waals surface area contributed by atoms with Crippen LogP contribution in [0.25, 0.3) is 0 Å². The third-order valence-corrected chi connectivity index (χ3v) is 5.77. The number of methoxy groups -OCH3 is 1. The molecule has 0 saturated carbocycles. The van der Waals surface area contributed by atoms with Crippen LogP contribution < -0.4 is 10.6 Å². The Morgan fingerprint density at radius 2 is 2.43 bits per heavy atom. The molecule has 0 aromatic carbocycles. The standard InChI is InChI=1S/C16H23N3O3S/c1-22-9-14(20)19-8-12-7-17-10-16(12,11-19)15(21)18-5-4-13-3-2-6-23-13/h2-3,6,12,17H,4-5,7-11H2,1H3,(H,18,21)/t12-,16-/m1/s1. The molecular formula is C16H23N3O3S. The molecule has 2 fully saturated rings. The number of amides is 2. The zero-order valence-corrected chi connectivity index (χ0v) is 14.2. The molecule has 0 aliphatic carbocycles. The van der Waals surface area contributed by atoms with E-state index in [9.17, 15) is 9.59 Å². The van der Waals surface area contributed by atoms with E-state index in [2.05, 4.69) is 16.7 Å². The summed E-state index contributed by atoms with van der Waals surface area (Å²) < 4.78 is 4.93. The second kappa shape index (κ2) is 6.98. The van der Waals surface area contributed by atoms with Gasteiger partial charge in [0.25, 0.3) is 0 Å². The Labute approximate surface area is 140 Å². The molecule has 2 aliphatic heterocycles. The van der Waals surface area contributed by atoms with Gasteiger partial charge in [0.05, 0.1) is 5.41 Å². The van der Waals surface area contributed by atoms with Crippen molar-refractivity contribution in [2.45, 2.75) is 6.42 Å². The first-order chi connectivity index (χ1) is 11.2. The van der Waals surface area contributed by atoms with Gasteiger partial charge < -0.3 is 20.3 Å². The van der Waals surface area contributed by atoms with Gasteiger partial charge in [-0.15, -0.1) is 11.3 Å². The molecule has 2 amide bonds. The number of thiophene rings is 1. The van der Waals surface area contributed by atoms with Gasteiger partial charge in [-0.3, -0.25) is 9.59 Å². The van der Waals surface area contributed by atoms with Gasteiger partial charge in [0.15, 0.2) is 0 Å². The molecule has 6 nitrogen and oxygen atoms in total. The van der Waals surface area contributed by atoms with Gasteiger partial charge in [0.1, 0.15) is 6.61 Å². The molecule has 0 unspecified atom stereocenters.